The minimum Gasteiger partial charge on any atom is -0.508 e. The fourth-order valence-corrected chi connectivity index (χ4v) is 4.72. The van der Waals surface area contributed by atoms with Crippen LogP contribution < -0.4 is 14.9 Å². The highest BCUT2D eigenvalue weighted by Gasteiger charge is 2.48. The Labute approximate surface area is 253 Å². The molecule has 236 valence electrons. The molecule has 0 unspecified atom stereocenters. The largest absolute Gasteiger partial charge is 0.508 e. The zero-order chi connectivity index (χ0) is 32.4. The Bertz CT molecular complexity index is 1790. The number of methoxy groups -OCH3 is 1. The molecule has 14 heteroatoms. The summed E-state index contributed by atoms with van der Waals surface area (Å²) >= 11 is 0. The molecule has 1 aromatic heterocycles. The smallest absolute Gasteiger partial charge is 0.331 e. The molecule has 1 aliphatic heterocycles. The predicted molar refractivity (Wildman–Crippen MR) is 155 cm³/mol. The standard InChI is InChI=1S/C31H28O14/c1-41-20-10-15(5-8-18(20)35)28-30(25(38)24-19(36)11-17(34)12-21(24)42-28)45-31-27(40)26(39)29(22(13-32)43-31)44-23(37)9-4-14-2-6-16(33)7-3-14/h2-12,22,26-27,29,31-36,39-40H,13H2,1H3/b9-4+/t22-,26+,27+,29+,31-/m0/s1. The van der Waals surface area contributed by atoms with Crippen LogP contribution in [0, 0.1) is 0 Å². The number of phenols is 4. The van der Waals surface area contributed by atoms with E-state index in [2.05, 4.69) is 0 Å². The molecule has 5 rings (SSSR count). The number of fused-ring (bicyclic) bond motifs is 1. The van der Waals surface area contributed by atoms with Gasteiger partial charge in [-0.1, -0.05) is 12.1 Å². The van der Waals surface area contributed by atoms with Crippen LogP contribution in [0.3, 0.4) is 0 Å². The van der Waals surface area contributed by atoms with Crippen LogP contribution in [0.25, 0.3) is 28.4 Å². The van der Waals surface area contributed by atoms with Gasteiger partial charge in [0.2, 0.25) is 17.5 Å². The molecule has 0 radical (unpaired) electrons. The van der Waals surface area contributed by atoms with Crippen LogP contribution in [0.2, 0.25) is 0 Å². The second kappa shape index (κ2) is 12.8. The number of carbonyl (C=O) groups excluding carboxylic acids is 1. The van der Waals surface area contributed by atoms with Crippen LogP contribution in [-0.2, 0) is 14.3 Å². The van der Waals surface area contributed by atoms with E-state index < -0.39 is 71.3 Å². The third-order valence-electron chi connectivity index (χ3n) is 6.97. The van der Waals surface area contributed by atoms with Gasteiger partial charge in [0.1, 0.15) is 46.5 Å². The lowest BCUT2D eigenvalue weighted by atomic mass is 9.99. The zero-order valence-electron chi connectivity index (χ0n) is 23.4. The minimum absolute atomic E-state index is 0.00575. The summed E-state index contributed by atoms with van der Waals surface area (Å²) in [4.78, 5) is 26.2. The van der Waals surface area contributed by atoms with Gasteiger partial charge in [0, 0.05) is 23.8 Å². The number of phenolic OH excluding ortho intramolecular Hbond substituents is 4. The third-order valence-corrected chi connectivity index (χ3v) is 6.97. The van der Waals surface area contributed by atoms with Gasteiger partial charge in [0.15, 0.2) is 23.4 Å². The summed E-state index contributed by atoms with van der Waals surface area (Å²) in [5.74, 6) is -3.13. The van der Waals surface area contributed by atoms with Crippen LogP contribution in [0.4, 0.5) is 0 Å². The van der Waals surface area contributed by atoms with Crippen LogP contribution in [0.15, 0.2) is 69.9 Å². The first kappa shape index (κ1) is 31.2. The number of aliphatic hydroxyl groups excluding tert-OH is 3. The SMILES string of the molecule is COc1cc(-c2oc3cc(O)cc(O)c3c(=O)c2O[C@@H]2O[C@@H](CO)[C@@H](OC(=O)/C=C/c3ccc(O)cc3)[C@H](O)[C@H]2O)ccc1O. The van der Waals surface area contributed by atoms with Gasteiger partial charge in [0.05, 0.1) is 13.7 Å². The van der Waals surface area contributed by atoms with Crippen molar-refractivity contribution in [2.75, 3.05) is 13.7 Å². The van der Waals surface area contributed by atoms with Crippen molar-refractivity contribution < 1.29 is 63.9 Å². The number of aromatic hydroxyl groups is 4. The molecular formula is C31H28O14. The van der Waals surface area contributed by atoms with Crippen molar-refractivity contribution in [1.82, 2.24) is 0 Å². The number of hydrogen-bond donors (Lipinski definition) is 7. The second-order valence-electron chi connectivity index (χ2n) is 9.96. The summed E-state index contributed by atoms with van der Waals surface area (Å²) in [7, 11) is 1.29. The summed E-state index contributed by atoms with van der Waals surface area (Å²) in [6.07, 6.45) is -6.25. The highest BCUT2D eigenvalue weighted by molar-refractivity contribution is 5.88. The Balaban J connectivity index is 1.47. The monoisotopic (exact) mass is 624 g/mol. The predicted octanol–water partition coefficient (Wildman–Crippen LogP) is 1.73. The third kappa shape index (κ3) is 6.34. The second-order valence-corrected chi connectivity index (χ2v) is 9.96. The molecule has 5 atom stereocenters. The van der Waals surface area contributed by atoms with Gasteiger partial charge in [-0.05, 0) is 42.0 Å². The Morgan fingerprint density at radius 1 is 0.933 bits per heavy atom. The molecular weight excluding hydrogens is 596 g/mol. The van der Waals surface area contributed by atoms with E-state index in [4.69, 9.17) is 23.4 Å². The van der Waals surface area contributed by atoms with Crippen molar-refractivity contribution >= 4 is 23.0 Å². The van der Waals surface area contributed by atoms with E-state index in [1.54, 1.807) is 0 Å². The summed E-state index contributed by atoms with van der Waals surface area (Å²) in [5.41, 5.74) is -0.527. The Hall–Kier alpha value is -5.28. The first-order chi connectivity index (χ1) is 21.5. The number of ether oxygens (including phenoxy) is 4. The van der Waals surface area contributed by atoms with E-state index in [9.17, 15) is 45.3 Å². The van der Waals surface area contributed by atoms with Crippen molar-refractivity contribution in [2.45, 2.75) is 30.7 Å². The number of benzene rings is 3. The molecule has 2 heterocycles. The van der Waals surface area contributed by atoms with E-state index in [-0.39, 0.29) is 34.2 Å². The van der Waals surface area contributed by atoms with Crippen LogP contribution >= 0.6 is 0 Å². The van der Waals surface area contributed by atoms with Crippen LogP contribution in [0.5, 0.6) is 34.5 Å². The average molecular weight is 625 g/mol. The van der Waals surface area contributed by atoms with Gasteiger partial charge in [-0.2, -0.15) is 0 Å². The molecule has 14 nitrogen and oxygen atoms in total. The highest BCUT2D eigenvalue weighted by Crippen LogP contribution is 2.39. The quantitative estimate of drug-likeness (QED) is 0.110. The molecule has 1 fully saturated rings. The number of hydrogen-bond acceptors (Lipinski definition) is 14. The normalized spacial score (nSPS) is 21.6. The van der Waals surface area contributed by atoms with E-state index >= 15 is 0 Å². The maximum atomic E-state index is 13.7. The van der Waals surface area contributed by atoms with E-state index in [1.165, 1.54) is 55.7 Å². The van der Waals surface area contributed by atoms with Gasteiger partial charge in [-0.25, -0.2) is 4.79 Å². The topological polar surface area (TPSA) is 226 Å². The maximum absolute atomic E-state index is 13.7. The molecule has 0 spiro atoms. The molecule has 3 aromatic carbocycles. The minimum atomic E-state index is -1.95. The van der Waals surface area contributed by atoms with E-state index in [0.29, 0.717) is 5.56 Å². The van der Waals surface area contributed by atoms with E-state index in [0.717, 1.165) is 18.2 Å². The molecule has 0 aliphatic carbocycles. The number of carbonyl (C=O) groups is 1. The average Bonchev–Trinajstić information content (AvgIpc) is 3.01. The van der Waals surface area contributed by atoms with Crippen LogP contribution in [-0.4, -0.2) is 86.1 Å². The molecule has 1 saturated heterocycles. The Morgan fingerprint density at radius 2 is 1.67 bits per heavy atom. The van der Waals surface area contributed by atoms with Crippen LogP contribution in [0.1, 0.15) is 5.56 Å². The van der Waals surface area contributed by atoms with Gasteiger partial charge in [-0.15, -0.1) is 0 Å². The molecule has 0 amide bonds. The van der Waals surface area contributed by atoms with Gasteiger partial charge >= 0.3 is 5.97 Å². The Kier molecular flexibility index (Phi) is 8.83. The lowest BCUT2D eigenvalue weighted by Crippen LogP contribution is -2.61. The summed E-state index contributed by atoms with van der Waals surface area (Å²) < 4.78 is 27.6. The number of esters is 1. The molecule has 1 aliphatic rings. The highest BCUT2D eigenvalue weighted by atomic mass is 16.7. The summed E-state index contributed by atoms with van der Waals surface area (Å²) in [5, 5.41) is 71.2. The molecule has 0 saturated carbocycles. The van der Waals surface area contributed by atoms with Crippen molar-refractivity contribution in [2.24, 2.45) is 0 Å². The van der Waals surface area contributed by atoms with Crippen molar-refractivity contribution in [3.8, 4) is 45.8 Å². The lowest BCUT2D eigenvalue weighted by molar-refractivity contribution is -0.280. The zero-order valence-corrected chi connectivity index (χ0v) is 23.4. The number of rotatable bonds is 8. The first-order valence-electron chi connectivity index (χ1n) is 13.4. The van der Waals surface area contributed by atoms with Crippen molar-refractivity contribution in [3.05, 3.63) is 76.5 Å². The molecule has 4 aromatic rings. The van der Waals surface area contributed by atoms with Gasteiger partial charge in [-0.3, -0.25) is 4.79 Å². The van der Waals surface area contributed by atoms with Gasteiger partial charge < -0.3 is 59.1 Å². The summed E-state index contributed by atoms with van der Waals surface area (Å²) in [6.45, 7) is -0.808. The molecule has 45 heavy (non-hydrogen) atoms. The maximum Gasteiger partial charge on any atom is 0.331 e. The van der Waals surface area contributed by atoms with E-state index in [1.807, 2.05) is 0 Å². The fraction of sp³-hybridized carbons (Fsp3) is 0.226. The molecule has 0 bridgehead atoms. The summed E-state index contributed by atoms with van der Waals surface area (Å²) in [6, 6.07) is 11.8. The van der Waals surface area contributed by atoms with Crippen molar-refractivity contribution in [3.63, 3.8) is 0 Å². The first-order valence-corrected chi connectivity index (χ1v) is 13.4. The van der Waals surface area contributed by atoms with Gasteiger partial charge in [0.25, 0.3) is 0 Å². The van der Waals surface area contributed by atoms with Crippen molar-refractivity contribution in [1.29, 1.82) is 0 Å². The lowest BCUT2D eigenvalue weighted by Gasteiger charge is -2.41. The fourth-order valence-electron chi connectivity index (χ4n) is 4.72. The number of aliphatic hydroxyl groups is 3. The molecule has 7 N–H and O–H groups in total. The Morgan fingerprint density at radius 3 is 2.36 bits per heavy atom.